The second kappa shape index (κ2) is 8.84. The molecular weight excluding hydrogens is 337 g/mol. The molecule has 26 heavy (non-hydrogen) atoms. The van der Waals surface area contributed by atoms with Crippen molar-refractivity contribution in [1.29, 1.82) is 0 Å². The van der Waals surface area contributed by atoms with Crippen LogP contribution in [0.3, 0.4) is 0 Å². The second-order valence-corrected chi connectivity index (χ2v) is 5.64. The molecule has 2 aromatic rings. The molecule has 0 aliphatic carbocycles. The summed E-state index contributed by atoms with van der Waals surface area (Å²) in [4.78, 5) is 22.6. The van der Waals surface area contributed by atoms with Crippen LogP contribution >= 0.6 is 0 Å². The molecule has 0 saturated carbocycles. The normalized spacial score (nSPS) is 10.3. The predicted octanol–water partition coefficient (Wildman–Crippen LogP) is 3.77. The van der Waals surface area contributed by atoms with Crippen LogP contribution in [0.4, 0.5) is 14.0 Å². The maximum absolute atomic E-state index is 14.4. The Morgan fingerprint density at radius 3 is 2.46 bits per heavy atom. The van der Waals surface area contributed by atoms with E-state index in [-0.39, 0.29) is 13.1 Å². The van der Waals surface area contributed by atoms with Gasteiger partial charge in [-0.25, -0.2) is 24.4 Å². The molecule has 0 unspecified atom stereocenters. The van der Waals surface area contributed by atoms with Gasteiger partial charge < -0.3 is 10.4 Å². The van der Waals surface area contributed by atoms with Gasteiger partial charge in [-0.3, -0.25) is 0 Å². The molecule has 0 fully saturated rings. The van der Waals surface area contributed by atoms with Gasteiger partial charge in [-0.1, -0.05) is 43.3 Å². The van der Waals surface area contributed by atoms with E-state index in [4.69, 9.17) is 5.11 Å². The van der Waals surface area contributed by atoms with Crippen molar-refractivity contribution in [2.24, 2.45) is 0 Å². The zero-order chi connectivity index (χ0) is 19.1. The van der Waals surface area contributed by atoms with Gasteiger partial charge in [0, 0.05) is 18.7 Å². The lowest BCUT2D eigenvalue weighted by molar-refractivity contribution is 0.144. The van der Waals surface area contributed by atoms with Gasteiger partial charge in [-0.05, 0) is 36.1 Å². The number of halogens is 1. The molecule has 0 spiro atoms. The Morgan fingerprint density at radius 1 is 1.12 bits per heavy atom. The second-order valence-electron chi connectivity index (χ2n) is 5.64. The van der Waals surface area contributed by atoms with Gasteiger partial charge in [0.25, 0.3) is 0 Å². The number of aryl methyl sites for hydroxylation is 1. The lowest BCUT2D eigenvalue weighted by Crippen LogP contribution is -2.49. The van der Waals surface area contributed by atoms with E-state index in [0.717, 1.165) is 28.1 Å². The highest BCUT2D eigenvalue weighted by molar-refractivity contribution is 5.77. The number of nitrogens with one attached hydrogen (secondary N) is 2. The number of hydrazine groups is 1. The smallest absolute Gasteiger partial charge is 0.423 e. The molecular formula is C19H22FN3O3. The van der Waals surface area contributed by atoms with Crippen LogP contribution in [-0.2, 0) is 13.0 Å². The molecule has 0 saturated heterocycles. The number of rotatable bonds is 5. The maximum Gasteiger partial charge on any atom is 0.423 e. The molecule has 3 amide bonds. The Hall–Kier alpha value is -3.09. The van der Waals surface area contributed by atoms with Gasteiger partial charge in [0.05, 0.1) is 0 Å². The van der Waals surface area contributed by atoms with E-state index in [1.807, 2.05) is 42.7 Å². The summed E-state index contributed by atoms with van der Waals surface area (Å²) in [6, 6.07) is 12.1. The molecule has 0 atom stereocenters. The highest BCUT2D eigenvalue weighted by atomic mass is 19.1. The van der Waals surface area contributed by atoms with Crippen LogP contribution in [0.25, 0.3) is 11.1 Å². The highest BCUT2D eigenvalue weighted by Crippen LogP contribution is 2.26. The van der Waals surface area contributed by atoms with Gasteiger partial charge in [0.15, 0.2) is 0 Å². The molecule has 2 aromatic carbocycles. The van der Waals surface area contributed by atoms with E-state index in [2.05, 4.69) is 5.32 Å². The number of benzene rings is 2. The first-order valence-electron chi connectivity index (χ1n) is 8.37. The van der Waals surface area contributed by atoms with Crippen molar-refractivity contribution in [3.63, 3.8) is 0 Å². The number of carbonyl (C=O) groups is 2. The fourth-order valence-corrected chi connectivity index (χ4v) is 2.62. The Bertz CT molecular complexity index is 795. The van der Waals surface area contributed by atoms with Crippen molar-refractivity contribution in [2.75, 3.05) is 6.54 Å². The predicted molar refractivity (Wildman–Crippen MR) is 97.0 cm³/mol. The monoisotopic (exact) mass is 359 g/mol. The fourth-order valence-electron chi connectivity index (χ4n) is 2.62. The maximum atomic E-state index is 14.4. The topological polar surface area (TPSA) is 81.7 Å². The van der Waals surface area contributed by atoms with E-state index >= 15 is 0 Å². The van der Waals surface area contributed by atoms with E-state index in [1.54, 1.807) is 13.0 Å². The fraction of sp³-hybridized carbons (Fsp3) is 0.263. The number of hydrogen-bond acceptors (Lipinski definition) is 2. The number of carboxylic acid groups (broad SMARTS) is 1. The molecule has 0 radical (unpaired) electrons. The first-order chi connectivity index (χ1) is 12.5. The van der Waals surface area contributed by atoms with Crippen molar-refractivity contribution >= 4 is 12.1 Å². The van der Waals surface area contributed by atoms with Crippen LogP contribution in [0.2, 0.25) is 0 Å². The van der Waals surface area contributed by atoms with E-state index < -0.39 is 17.9 Å². The van der Waals surface area contributed by atoms with Gasteiger partial charge in [0.2, 0.25) is 0 Å². The summed E-state index contributed by atoms with van der Waals surface area (Å²) in [5.41, 5.74) is 5.17. The molecule has 2 rings (SSSR count). The van der Waals surface area contributed by atoms with E-state index in [9.17, 15) is 14.0 Å². The van der Waals surface area contributed by atoms with Crippen LogP contribution in [0.1, 0.15) is 25.0 Å². The number of carbonyl (C=O) groups excluding carboxylic acids is 1. The molecule has 138 valence electrons. The SMILES string of the molecule is CCc1ccccc1-c1ccc(CNC(=O)N(CC)NC(=O)O)c(F)c1. The molecule has 0 aliphatic heterocycles. The summed E-state index contributed by atoms with van der Waals surface area (Å²) in [6.45, 7) is 3.77. The number of nitrogens with zero attached hydrogens (tertiary/aromatic N) is 1. The number of amides is 3. The van der Waals surface area contributed by atoms with Gasteiger partial charge in [0.1, 0.15) is 5.82 Å². The summed E-state index contributed by atoms with van der Waals surface area (Å²) in [7, 11) is 0. The summed E-state index contributed by atoms with van der Waals surface area (Å²) < 4.78 is 14.4. The molecule has 0 aromatic heterocycles. The third-order valence-corrected chi connectivity index (χ3v) is 3.98. The average Bonchev–Trinajstić information content (AvgIpc) is 2.64. The minimum atomic E-state index is -1.34. The van der Waals surface area contributed by atoms with Crippen molar-refractivity contribution in [2.45, 2.75) is 26.8 Å². The summed E-state index contributed by atoms with van der Waals surface area (Å²) in [5.74, 6) is -0.428. The molecule has 0 heterocycles. The Kier molecular flexibility index (Phi) is 6.54. The van der Waals surface area contributed by atoms with Crippen LogP contribution in [0, 0.1) is 5.82 Å². The van der Waals surface area contributed by atoms with Crippen LogP contribution in [0.5, 0.6) is 0 Å². The van der Waals surface area contributed by atoms with Crippen LogP contribution < -0.4 is 10.7 Å². The minimum absolute atomic E-state index is 0.0435. The Labute approximate surface area is 151 Å². The Balaban J connectivity index is 2.10. The molecule has 3 N–H and O–H groups in total. The van der Waals surface area contributed by atoms with Gasteiger partial charge in [-0.2, -0.15) is 0 Å². The molecule has 0 bridgehead atoms. The van der Waals surface area contributed by atoms with Crippen molar-refractivity contribution in [3.05, 3.63) is 59.4 Å². The van der Waals surface area contributed by atoms with Crippen molar-refractivity contribution in [1.82, 2.24) is 15.8 Å². The van der Waals surface area contributed by atoms with Crippen molar-refractivity contribution < 1.29 is 19.1 Å². The summed E-state index contributed by atoms with van der Waals surface area (Å²) >= 11 is 0. The standard InChI is InChI=1S/C19H22FN3O3/c1-3-13-7-5-6-8-16(13)14-9-10-15(17(20)11-14)12-21-18(24)23(4-2)22-19(25)26/h5-11,22H,3-4,12H2,1-2H3,(H,21,24)(H,25,26). The van der Waals surface area contributed by atoms with Gasteiger partial charge >= 0.3 is 12.1 Å². The lowest BCUT2D eigenvalue weighted by Gasteiger charge is -2.20. The minimum Gasteiger partial charge on any atom is -0.464 e. The third kappa shape index (κ3) is 4.72. The largest absolute Gasteiger partial charge is 0.464 e. The molecule has 6 nitrogen and oxygen atoms in total. The summed E-state index contributed by atoms with van der Waals surface area (Å²) in [6.07, 6.45) is -0.494. The highest BCUT2D eigenvalue weighted by Gasteiger charge is 2.14. The Morgan fingerprint density at radius 2 is 1.85 bits per heavy atom. The first kappa shape index (κ1) is 19.2. The first-order valence-corrected chi connectivity index (χ1v) is 8.37. The zero-order valence-electron chi connectivity index (χ0n) is 14.8. The van der Waals surface area contributed by atoms with E-state index in [0.29, 0.717) is 5.56 Å². The van der Waals surface area contributed by atoms with Gasteiger partial charge in [-0.15, -0.1) is 0 Å². The van der Waals surface area contributed by atoms with Crippen molar-refractivity contribution in [3.8, 4) is 11.1 Å². The number of urea groups is 1. The molecule has 0 aliphatic rings. The third-order valence-electron chi connectivity index (χ3n) is 3.98. The summed E-state index contributed by atoms with van der Waals surface area (Å²) in [5, 5.41) is 12.1. The number of hydrogen-bond donors (Lipinski definition) is 3. The van der Waals surface area contributed by atoms with Crippen LogP contribution in [-0.4, -0.2) is 28.8 Å². The molecule has 7 heteroatoms. The lowest BCUT2D eigenvalue weighted by atomic mass is 9.97. The van der Waals surface area contributed by atoms with E-state index in [1.165, 1.54) is 6.07 Å². The average molecular weight is 359 g/mol. The quantitative estimate of drug-likeness (QED) is 0.711. The zero-order valence-corrected chi connectivity index (χ0v) is 14.8. The van der Waals surface area contributed by atoms with Crippen LogP contribution in [0.15, 0.2) is 42.5 Å².